The van der Waals surface area contributed by atoms with Crippen molar-refractivity contribution >= 4 is 16.4 Å². The zero-order valence-electron chi connectivity index (χ0n) is 11.5. The van der Waals surface area contributed by atoms with Gasteiger partial charge in [0, 0.05) is 12.1 Å². The molecule has 2 aromatic carbocycles. The fourth-order valence-electron chi connectivity index (χ4n) is 1.75. The second kappa shape index (κ2) is 6.55. The Bertz CT molecular complexity index is 814. The van der Waals surface area contributed by atoms with Crippen LogP contribution >= 0.6 is 0 Å². The topological polar surface area (TPSA) is 130 Å². The van der Waals surface area contributed by atoms with Gasteiger partial charge in [-0.25, -0.2) is 4.79 Å². The molecule has 0 amide bonds. The number of hydrogen-bond donors (Lipinski definition) is 3. The van der Waals surface area contributed by atoms with Gasteiger partial charge in [-0.2, -0.15) is 8.42 Å². The Kier molecular flexibility index (Phi) is 4.72. The lowest BCUT2D eigenvalue weighted by Gasteiger charge is -2.12. The Morgan fingerprint density at radius 3 is 2.30 bits per heavy atom. The quantitative estimate of drug-likeness (QED) is 0.679. The summed E-state index contributed by atoms with van der Waals surface area (Å²) in [5.74, 6) is -2.94. The van der Waals surface area contributed by atoms with Gasteiger partial charge < -0.3 is 19.1 Å². The standard InChI is InChI=1S/C14H12O8S/c15-11-7-12(21-8-9-4-2-1-3-5-9)13(22-23(18,19)20)6-10(11)14(16)17/h1-7,15H,8H2,(H,16,17)(H,18,19,20). The molecule has 2 aromatic rings. The number of rotatable bonds is 6. The predicted molar refractivity (Wildman–Crippen MR) is 78.0 cm³/mol. The lowest BCUT2D eigenvalue weighted by molar-refractivity contribution is 0.0693. The molecule has 0 spiro atoms. The maximum absolute atomic E-state index is 11.0. The molecule has 9 heteroatoms. The molecule has 0 aliphatic carbocycles. The van der Waals surface area contributed by atoms with E-state index in [1.807, 2.05) is 0 Å². The minimum atomic E-state index is -4.89. The highest BCUT2D eigenvalue weighted by molar-refractivity contribution is 7.81. The molecule has 0 aliphatic heterocycles. The summed E-state index contributed by atoms with van der Waals surface area (Å²) < 4.78 is 40.1. The first-order valence-electron chi connectivity index (χ1n) is 6.20. The summed E-state index contributed by atoms with van der Waals surface area (Å²) in [7, 11) is -4.89. The molecule has 2 rings (SSSR count). The van der Waals surface area contributed by atoms with Crippen LogP contribution in [0.25, 0.3) is 0 Å². The van der Waals surface area contributed by atoms with Crippen molar-refractivity contribution in [3.63, 3.8) is 0 Å². The number of carbonyl (C=O) groups is 1. The second-order valence-corrected chi connectivity index (χ2v) is 5.43. The average Bonchev–Trinajstić information content (AvgIpc) is 2.46. The molecule has 23 heavy (non-hydrogen) atoms. The van der Waals surface area contributed by atoms with E-state index in [1.54, 1.807) is 30.3 Å². The molecular weight excluding hydrogens is 328 g/mol. The van der Waals surface area contributed by atoms with Gasteiger partial charge in [0.05, 0.1) is 0 Å². The monoisotopic (exact) mass is 340 g/mol. The summed E-state index contributed by atoms with van der Waals surface area (Å²) in [4.78, 5) is 11.0. The summed E-state index contributed by atoms with van der Waals surface area (Å²) >= 11 is 0. The third kappa shape index (κ3) is 4.59. The molecule has 0 unspecified atom stereocenters. The fourth-order valence-corrected chi connectivity index (χ4v) is 2.10. The molecule has 0 atom stereocenters. The lowest BCUT2D eigenvalue weighted by Crippen LogP contribution is -2.09. The Hall–Kier alpha value is -2.78. The van der Waals surface area contributed by atoms with Crippen LogP contribution in [0.4, 0.5) is 0 Å². The largest absolute Gasteiger partial charge is 0.507 e. The van der Waals surface area contributed by atoms with Crippen molar-refractivity contribution in [1.82, 2.24) is 0 Å². The molecule has 122 valence electrons. The molecule has 0 heterocycles. The molecule has 0 bridgehead atoms. The lowest BCUT2D eigenvalue weighted by atomic mass is 10.2. The van der Waals surface area contributed by atoms with E-state index in [0.717, 1.165) is 17.7 Å². The third-order valence-corrected chi connectivity index (χ3v) is 3.11. The highest BCUT2D eigenvalue weighted by Gasteiger charge is 2.20. The van der Waals surface area contributed by atoms with Crippen molar-refractivity contribution in [2.45, 2.75) is 6.61 Å². The summed E-state index contributed by atoms with van der Waals surface area (Å²) in [6.07, 6.45) is 0. The first kappa shape index (κ1) is 16.6. The van der Waals surface area contributed by atoms with E-state index in [0.29, 0.717) is 0 Å². The van der Waals surface area contributed by atoms with E-state index in [1.165, 1.54) is 0 Å². The SMILES string of the molecule is O=C(O)c1cc(OS(=O)(=O)O)c(OCc2ccccc2)cc1O. The maximum Gasteiger partial charge on any atom is 0.446 e. The smallest absolute Gasteiger partial charge is 0.446 e. The van der Waals surface area contributed by atoms with E-state index in [4.69, 9.17) is 14.4 Å². The van der Waals surface area contributed by atoms with Crippen molar-refractivity contribution in [3.8, 4) is 17.2 Å². The summed E-state index contributed by atoms with van der Waals surface area (Å²) in [6, 6.07) is 10.4. The van der Waals surface area contributed by atoms with Gasteiger partial charge in [0.2, 0.25) is 0 Å². The second-order valence-electron chi connectivity index (χ2n) is 4.41. The zero-order chi connectivity index (χ0) is 17.0. The first-order valence-corrected chi connectivity index (χ1v) is 7.56. The van der Waals surface area contributed by atoms with E-state index in [-0.39, 0.29) is 12.4 Å². The number of phenols is 1. The van der Waals surface area contributed by atoms with Crippen LogP contribution in [-0.4, -0.2) is 29.2 Å². The minimum absolute atomic E-state index is 0.00847. The maximum atomic E-state index is 11.0. The van der Waals surface area contributed by atoms with Crippen LogP contribution in [-0.2, 0) is 17.0 Å². The molecular formula is C14H12O8S. The van der Waals surface area contributed by atoms with Gasteiger partial charge in [-0.3, -0.25) is 4.55 Å². The minimum Gasteiger partial charge on any atom is -0.507 e. The van der Waals surface area contributed by atoms with Crippen molar-refractivity contribution in [2.75, 3.05) is 0 Å². The van der Waals surface area contributed by atoms with E-state index in [9.17, 15) is 18.3 Å². The van der Waals surface area contributed by atoms with Gasteiger partial charge in [-0.05, 0) is 5.56 Å². The van der Waals surface area contributed by atoms with Crippen molar-refractivity contribution < 1.29 is 36.9 Å². The van der Waals surface area contributed by atoms with Crippen molar-refractivity contribution in [3.05, 3.63) is 53.6 Å². The molecule has 0 aliphatic rings. The first-order chi connectivity index (χ1) is 10.8. The van der Waals surface area contributed by atoms with E-state index < -0.39 is 33.4 Å². The summed E-state index contributed by atoms with van der Waals surface area (Å²) in [6.45, 7) is 0.00847. The number of aromatic hydroxyl groups is 1. The van der Waals surface area contributed by atoms with Gasteiger partial charge >= 0.3 is 16.4 Å². The average molecular weight is 340 g/mol. The van der Waals surface area contributed by atoms with Crippen LogP contribution in [0.3, 0.4) is 0 Å². The zero-order valence-corrected chi connectivity index (χ0v) is 12.4. The molecule has 0 radical (unpaired) electrons. The number of carboxylic acids is 1. The Morgan fingerprint density at radius 1 is 1.09 bits per heavy atom. The van der Waals surface area contributed by atoms with Gasteiger partial charge in [-0.1, -0.05) is 30.3 Å². The Balaban J connectivity index is 2.36. The van der Waals surface area contributed by atoms with Crippen LogP contribution in [0, 0.1) is 0 Å². The van der Waals surface area contributed by atoms with Crippen LogP contribution in [0.15, 0.2) is 42.5 Å². The highest BCUT2D eigenvalue weighted by atomic mass is 32.3. The van der Waals surface area contributed by atoms with Crippen molar-refractivity contribution in [1.29, 1.82) is 0 Å². The fraction of sp³-hybridized carbons (Fsp3) is 0.0714. The predicted octanol–water partition coefficient (Wildman–Crippen LogP) is 1.85. The summed E-state index contributed by atoms with van der Waals surface area (Å²) in [5, 5.41) is 18.6. The van der Waals surface area contributed by atoms with Gasteiger partial charge in [0.25, 0.3) is 0 Å². The number of benzene rings is 2. The van der Waals surface area contributed by atoms with Crippen LogP contribution in [0.5, 0.6) is 17.2 Å². The Labute approximate surface area is 131 Å². The molecule has 0 fully saturated rings. The number of aromatic carboxylic acids is 1. The summed E-state index contributed by atoms with van der Waals surface area (Å²) in [5.41, 5.74) is 0.141. The van der Waals surface area contributed by atoms with Gasteiger partial charge in [0.15, 0.2) is 11.5 Å². The molecule has 3 N–H and O–H groups in total. The van der Waals surface area contributed by atoms with Crippen LogP contribution in [0.2, 0.25) is 0 Å². The normalized spacial score (nSPS) is 11.0. The van der Waals surface area contributed by atoms with E-state index in [2.05, 4.69) is 4.18 Å². The number of carboxylic acid groups (broad SMARTS) is 1. The Morgan fingerprint density at radius 2 is 1.74 bits per heavy atom. The molecule has 0 aromatic heterocycles. The van der Waals surface area contributed by atoms with Crippen LogP contribution < -0.4 is 8.92 Å². The number of hydrogen-bond acceptors (Lipinski definition) is 6. The highest BCUT2D eigenvalue weighted by Crippen LogP contribution is 2.35. The van der Waals surface area contributed by atoms with E-state index >= 15 is 0 Å². The van der Waals surface area contributed by atoms with Gasteiger partial charge in [-0.15, -0.1) is 0 Å². The third-order valence-electron chi connectivity index (χ3n) is 2.72. The van der Waals surface area contributed by atoms with Gasteiger partial charge in [0.1, 0.15) is 17.9 Å². The van der Waals surface area contributed by atoms with Crippen molar-refractivity contribution in [2.24, 2.45) is 0 Å². The van der Waals surface area contributed by atoms with Crippen LogP contribution in [0.1, 0.15) is 15.9 Å². The number of ether oxygens (including phenoxy) is 1. The molecule has 0 saturated heterocycles. The molecule has 8 nitrogen and oxygen atoms in total. The molecule has 0 saturated carbocycles.